The normalized spacial score (nSPS) is 18.7. The number of benzene rings is 2. The molecule has 2 aromatic rings. The Bertz CT molecular complexity index is 940. The Hall–Kier alpha value is -2.43. The van der Waals surface area contributed by atoms with Crippen LogP contribution in [-0.2, 0) is 27.4 Å². The maximum Gasteiger partial charge on any atom is 0.255 e. The highest BCUT2D eigenvalue weighted by Gasteiger charge is 2.24. The molecular weight excluding hydrogens is 440 g/mol. The van der Waals surface area contributed by atoms with E-state index in [1.165, 1.54) is 0 Å². The molecule has 2 saturated heterocycles. The number of hydrogen-bond acceptors (Lipinski definition) is 6. The molecule has 8 nitrogen and oxygen atoms in total. The van der Waals surface area contributed by atoms with Crippen LogP contribution in [-0.4, -0.2) is 83.0 Å². The molecule has 1 N–H and O–H groups in total. The fourth-order valence-corrected chi connectivity index (χ4v) is 5.11. The minimum Gasteiger partial charge on any atom is -0.593 e. The first-order chi connectivity index (χ1) is 16.0. The van der Waals surface area contributed by atoms with Crippen LogP contribution < -0.4 is 5.32 Å². The summed E-state index contributed by atoms with van der Waals surface area (Å²) in [4.78, 5) is 29.0. The molecule has 4 rings (SSSR count). The summed E-state index contributed by atoms with van der Waals surface area (Å²) in [7, 11) is 0. The summed E-state index contributed by atoms with van der Waals surface area (Å²) in [5.41, 5.74) is 2.38. The number of morpholine rings is 1. The summed E-state index contributed by atoms with van der Waals surface area (Å²) in [5.74, 6) is -0.0521. The SMILES string of the molecule is CC(=O)N1CCN(Cc2ccc(C(=O)Nc3ccc([S+]([O-])N4CCOCC4)cc3)cc2)CC1. The molecule has 2 aliphatic rings. The Morgan fingerprint density at radius 3 is 2.18 bits per heavy atom. The van der Waals surface area contributed by atoms with Gasteiger partial charge >= 0.3 is 0 Å². The van der Waals surface area contributed by atoms with Crippen molar-refractivity contribution in [3.05, 3.63) is 59.7 Å². The number of piperazine rings is 1. The van der Waals surface area contributed by atoms with E-state index in [2.05, 4.69) is 10.2 Å². The van der Waals surface area contributed by atoms with Gasteiger partial charge in [0.15, 0.2) is 4.90 Å². The second kappa shape index (κ2) is 11.1. The van der Waals surface area contributed by atoms with Gasteiger partial charge in [-0.05, 0) is 42.0 Å². The van der Waals surface area contributed by atoms with E-state index in [9.17, 15) is 14.1 Å². The smallest absolute Gasteiger partial charge is 0.255 e. The molecule has 176 valence electrons. The first-order valence-electron chi connectivity index (χ1n) is 11.2. The minimum absolute atomic E-state index is 0.130. The van der Waals surface area contributed by atoms with Gasteiger partial charge in [0, 0.05) is 50.9 Å². The quantitative estimate of drug-likeness (QED) is 0.650. The first kappa shape index (κ1) is 23.7. The zero-order valence-electron chi connectivity index (χ0n) is 18.9. The van der Waals surface area contributed by atoms with E-state index in [-0.39, 0.29) is 11.8 Å². The van der Waals surface area contributed by atoms with Crippen LogP contribution in [0.25, 0.3) is 0 Å². The van der Waals surface area contributed by atoms with Crippen LogP contribution >= 0.6 is 0 Å². The average molecular weight is 471 g/mol. The van der Waals surface area contributed by atoms with Gasteiger partial charge in [0.1, 0.15) is 0 Å². The predicted octanol–water partition coefficient (Wildman–Crippen LogP) is 1.96. The highest BCUT2D eigenvalue weighted by Crippen LogP contribution is 2.20. The lowest BCUT2D eigenvalue weighted by atomic mass is 10.1. The van der Waals surface area contributed by atoms with Crippen molar-refractivity contribution in [1.82, 2.24) is 14.1 Å². The molecule has 0 bridgehead atoms. The first-order valence-corrected chi connectivity index (χ1v) is 12.3. The third-order valence-electron chi connectivity index (χ3n) is 5.96. The summed E-state index contributed by atoms with van der Waals surface area (Å²) in [6.07, 6.45) is 0. The third-order valence-corrected chi connectivity index (χ3v) is 7.47. The monoisotopic (exact) mass is 470 g/mol. The Labute approximate surface area is 197 Å². The highest BCUT2D eigenvalue weighted by atomic mass is 32.2. The fraction of sp³-hybridized carbons (Fsp3) is 0.417. The van der Waals surface area contributed by atoms with Crippen LogP contribution in [0.2, 0.25) is 0 Å². The zero-order valence-corrected chi connectivity index (χ0v) is 19.7. The van der Waals surface area contributed by atoms with Crippen LogP contribution in [0.1, 0.15) is 22.8 Å². The lowest BCUT2D eigenvalue weighted by Gasteiger charge is -2.34. The van der Waals surface area contributed by atoms with Crippen LogP contribution in [0.15, 0.2) is 53.4 Å². The number of ether oxygens (including phenoxy) is 1. The standard InChI is InChI=1S/C24H30N4O4S/c1-19(29)27-12-10-26(11-13-27)18-20-2-4-21(5-3-20)24(30)25-22-6-8-23(9-7-22)33(31)28-14-16-32-17-15-28/h2-9H,10-18H2,1H3,(H,25,30). The average Bonchev–Trinajstić information content (AvgIpc) is 2.85. The molecule has 0 spiro atoms. The van der Waals surface area contributed by atoms with Crippen molar-refractivity contribution in [3.63, 3.8) is 0 Å². The van der Waals surface area contributed by atoms with Gasteiger partial charge < -0.3 is 19.5 Å². The number of hydrogen-bond donors (Lipinski definition) is 1. The van der Waals surface area contributed by atoms with Gasteiger partial charge in [-0.3, -0.25) is 14.5 Å². The van der Waals surface area contributed by atoms with E-state index < -0.39 is 11.4 Å². The molecule has 1 unspecified atom stereocenters. The summed E-state index contributed by atoms with van der Waals surface area (Å²) in [5, 5.41) is 2.90. The number of amides is 2. The van der Waals surface area contributed by atoms with E-state index in [1.807, 2.05) is 33.5 Å². The van der Waals surface area contributed by atoms with E-state index >= 15 is 0 Å². The van der Waals surface area contributed by atoms with Crippen molar-refractivity contribution < 1.29 is 18.9 Å². The summed E-state index contributed by atoms with van der Waals surface area (Å²) in [6, 6.07) is 14.7. The molecule has 0 saturated carbocycles. The molecule has 0 aliphatic carbocycles. The molecule has 2 fully saturated rings. The van der Waals surface area contributed by atoms with Crippen LogP contribution in [0, 0.1) is 0 Å². The van der Waals surface area contributed by atoms with E-state index in [1.54, 1.807) is 31.2 Å². The molecule has 33 heavy (non-hydrogen) atoms. The Balaban J connectivity index is 1.28. The molecule has 9 heteroatoms. The van der Waals surface area contributed by atoms with Crippen molar-refractivity contribution >= 4 is 28.9 Å². The lowest BCUT2D eigenvalue weighted by Crippen LogP contribution is -2.47. The van der Waals surface area contributed by atoms with E-state index in [0.29, 0.717) is 42.4 Å². The van der Waals surface area contributed by atoms with Crippen LogP contribution in [0.3, 0.4) is 0 Å². The summed E-state index contributed by atoms with van der Waals surface area (Å²) >= 11 is -1.22. The largest absolute Gasteiger partial charge is 0.593 e. The van der Waals surface area contributed by atoms with Gasteiger partial charge in [-0.2, -0.15) is 0 Å². The van der Waals surface area contributed by atoms with Crippen molar-refractivity contribution in [1.29, 1.82) is 0 Å². The zero-order chi connectivity index (χ0) is 23.2. The number of carbonyl (C=O) groups excluding carboxylic acids is 2. The maximum absolute atomic E-state index is 12.6. The number of anilines is 1. The van der Waals surface area contributed by atoms with Gasteiger partial charge in [0.25, 0.3) is 5.91 Å². The maximum atomic E-state index is 12.6. The molecular formula is C24H30N4O4S. The Morgan fingerprint density at radius 1 is 0.939 bits per heavy atom. The van der Waals surface area contributed by atoms with Gasteiger partial charge in [-0.15, -0.1) is 4.31 Å². The number of rotatable bonds is 6. The Kier molecular flexibility index (Phi) is 8.00. The summed E-state index contributed by atoms with van der Waals surface area (Å²) in [6.45, 7) is 8.12. The van der Waals surface area contributed by atoms with Crippen molar-refractivity contribution in [3.8, 4) is 0 Å². The van der Waals surface area contributed by atoms with Crippen molar-refractivity contribution in [2.75, 3.05) is 57.8 Å². The topological polar surface area (TPSA) is 88.2 Å². The molecule has 1 atom stereocenters. The highest BCUT2D eigenvalue weighted by molar-refractivity contribution is 7.89. The number of nitrogens with one attached hydrogen (secondary N) is 1. The van der Waals surface area contributed by atoms with Crippen LogP contribution in [0.4, 0.5) is 5.69 Å². The second-order valence-corrected chi connectivity index (χ2v) is 9.73. The number of nitrogens with zero attached hydrogens (tertiary/aromatic N) is 3. The van der Waals surface area contributed by atoms with Crippen molar-refractivity contribution in [2.24, 2.45) is 0 Å². The van der Waals surface area contributed by atoms with Gasteiger partial charge in [0.2, 0.25) is 5.91 Å². The molecule has 0 aromatic heterocycles. The second-order valence-electron chi connectivity index (χ2n) is 8.25. The summed E-state index contributed by atoms with van der Waals surface area (Å²) < 4.78 is 19.8. The molecule has 2 amide bonds. The van der Waals surface area contributed by atoms with E-state index in [0.717, 1.165) is 38.3 Å². The fourth-order valence-electron chi connectivity index (χ4n) is 3.96. The van der Waals surface area contributed by atoms with Crippen LogP contribution in [0.5, 0.6) is 0 Å². The molecule has 2 aliphatic heterocycles. The lowest BCUT2D eigenvalue weighted by molar-refractivity contribution is -0.130. The molecule has 0 radical (unpaired) electrons. The third kappa shape index (κ3) is 6.33. The Morgan fingerprint density at radius 2 is 1.58 bits per heavy atom. The van der Waals surface area contributed by atoms with Crippen molar-refractivity contribution in [2.45, 2.75) is 18.4 Å². The van der Waals surface area contributed by atoms with Gasteiger partial charge in [-0.25, -0.2) is 0 Å². The van der Waals surface area contributed by atoms with Gasteiger partial charge in [-0.1, -0.05) is 12.1 Å². The van der Waals surface area contributed by atoms with E-state index in [4.69, 9.17) is 4.74 Å². The number of carbonyl (C=O) groups is 2. The predicted molar refractivity (Wildman–Crippen MR) is 127 cm³/mol. The minimum atomic E-state index is -1.22. The van der Waals surface area contributed by atoms with Gasteiger partial charge in [0.05, 0.1) is 37.7 Å². The molecule has 2 heterocycles. The molecule has 2 aromatic carbocycles.